The fourth-order valence-corrected chi connectivity index (χ4v) is 2.58. The average Bonchev–Trinajstić information content (AvgIpc) is 2.60. The molecule has 2 rings (SSSR count). The minimum absolute atomic E-state index is 0.227. The molecular formula is C19H24ClN3O. The number of halogens is 1. The molecule has 0 aromatic heterocycles. The zero-order valence-corrected chi connectivity index (χ0v) is 14.9. The summed E-state index contributed by atoms with van der Waals surface area (Å²) in [5, 5.41) is 6.36. The lowest BCUT2D eigenvalue weighted by Crippen LogP contribution is -2.29. The van der Waals surface area contributed by atoms with Crippen LogP contribution in [0.3, 0.4) is 0 Å². The van der Waals surface area contributed by atoms with Gasteiger partial charge in [-0.15, -0.1) is 0 Å². The van der Waals surface area contributed by atoms with Gasteiger partial charge in [0, 0.05) is 23.8 Å². The molecule has 128 valence electrons. The van der Waals surface area contributed by atoms with Gasteiger partial charge in [-0.3, -0.25) is 4.90 Å². The summed E-state index contributed by atoms with van der Waals surface area (Å²) in [4.78, 5) is 14.4. The molecule has 0 aliphatic carbocycles. The molecule has 0 spiro atoms. The SMILES string of the molecule is CCN(CC)Cc1ccccc1CNC(=O)Nc1ccc(Cl)cc1. The van der Waals surface area contributed by atoms with Crippen molar-refractivity contribution in [3.63, 3.8) is 0 Å². The highest BCUT2D eigenvalue weighted by molar-refractivity contribution is 6.30. The maximum atomic E-state index is 12.1. The molecule has 0 saturated carbocycles. The van der Waals surface area contributed by atoms with Gasteiger partial charge in [0.15, 0.2) is 0 Å². The van der Waals surface area contributed by atoms with Crippen molar-refractivity contribution in [2.45, 2.75) is 26.9 Å². The van der Waals surface area contributed by atoms with E-state index in [1.165, 1.54) is 5.56 Å². The maximum absolute atomic E-state index is 12.1. The second kappa shape index (κ2) is 9.30. The number of urea groups is 1. The molecule has 0 aliphatic rings. The van der Waals surface area contributed by atoms with E-state index in [1.807, 2.05) is 12.1 Å². The van der Waals surface area contributed by atoms with Crippen molar-refractivity contribution in [1.82, 2.24) is 10.2 Å². The van der Waals surface area contributed by atoms with Crippen molar-refractivity contribution >= 4 is 23.3 Å². The largest absolute Gasteiger partial charge is 0.334 e. The molecule has 2 N–H and O–H groups in total. The monoisotopic (exact) mass is 345 g/mol. The summed E-state index contributed by atoms with van der Waals surface area (Å²) in [5.74, 6) is 0. The summed E-state index contributed by atoms with van der Waals surface area (Å²) in [5.41, 5.74) is 3.09. The lowest BCUT2D eigenvalue weighted by atomic mass is 10.1. The Hall–Kier alpha value is -2.04. The smallest absolute Gasteiger partial charge is 0.319 e. The van der Waals surface area contributed by atoms with E-state index in [9.17, 15) is 4.79 Å². The third-order valence-corrected chi connectivity index (χ3v) is 4.20. The van der Waals surface area contributed by atoms with E-state index in [2.05, 4.69) is 41.5 Å². The molecule has 24 heavy (non-hydrogen) atoms. The highest BCUT2D eigenvalue weighted by Gasteiger charge is 2.08. The van der Waals surface area contributed by atoms with Gasteiger partial charge in [0.25, 0.3) is 0 Å². The first-order valence-corrected chi connectivity index (χ1v) is 8.59. The molecule has 0 aliphatic heterocycles. The molecular weight excluding hydrogens is 322 g/mol. The van der Waals surface area contributed by atoms with Gasteiger partial charge in [-0.2, -0.15) is 0 Å². The number of nitrogens with one attached hydrogen (secondary N) is 2. The van der Waals surface area contributed by atoms with E-state index in [0.717, 1.165) is 25.2 Å². The standard InChI is InChI=1S/C19H24ClN3O/c1-3-23(4-2)14-16-8-6-5-7-15(16)13-21-19(24)22-18-11-9-17(20)10-12-18/h5-12H,3-4,13-14H2,1-2H3,(H2,21,22,24). The van der Waals surface area contributed by atoms with Crippen molar-refractivity contribution < 1.29 is 4.79 Å². The first kappa shape index (κ1) is 18.3. The van der Waals surface area contributed by atoms with Gasteiger partial charge in [0.1, 0.15) is 0 Å². The summed E-state index contributed by atoms with van der Waals surface area (Å²) < 4.78 is 0. The Morgan fingerprint density at radius 3 is 2.25 bits per heavy atom. The van der Waals surface area contributed by atoms with Gasteiger partial charge >= 0.3 is 6.03 Å². The molecule has 0 atom stereocenters. The van der Waals surface area contributed by atoms with Crippen LogP contribution in [-0.2, 0) is 13.1 Å². The second-order valence-corrected chi connectivity index (χ2v) is 5.98. The van der Waals surface area contributed by atoms with Crippen molar-refractivity contribution in [3.8, 4) is 0 Å². The molecule has 2 aromatic carbocycles. The van der Waals surface area contributed by atoms with Crippen molar-refractivity contribution in [2.24, 2.45) is 0 Å². The van der Waals surface area contributed by atoms with Crippen LogP contribution in [0.1, 0.15) is 25.0 Å². The van der Waals surface area contributed by atoms with E-state index >= 15 is 0 Å². The van der Waals surface area contributed by atoms with Crippen LogP contribution in [0.15, 0.2) is 48.5 Å². The van der Waals surface area contributed by atoms with Crippen LogP contribution in [0.5, 0.6) is 0 Å². The molecule has 0 bridgehead atoms. The number of carbonyl (C=O) groups excluding carboxylic acids is 1. The number of nitrogens with zero attached hydrogens (tertiary/aromatic N) is 1. The van der Waals surface area contributed by atoms with Crippen LogP contribution < -0.4 is 10.6 Å². The Bertz CT molecular complexity index is 654. The fourth-order valence-electron chi connectivity index (χ4n) is 2.46. The summed E-state index contributed by atoms with van der Waals surface area (Å²) in [6.45, 7) is 7.72. The second-order valence-electron chi connectivity index (χ2n) is 5.54. The zero-order chi connectivity index (χ0) is 17.4. The fraction of sp³-hybridized carbons (Fsp3) is 0.316. The molecule has 0 heterocycles. The highest BCUT2D eigenvalue weighted by atomic mass is 35.5. The van der Waals surface area contributed by atoms with E-state index in [0.29, 0.717) is 17.3 Å². The van der Waals surface area contributed by atoms with Crippen LogP contribution in [-0.4, -0.2) is 24.0 Å². The predicted octanol–water partition coefficient (Wildman–Crippen LogP) is 4.50. The lowest BCUT2D eigenvalue weighted by Gasteiger charge is -2.20. The third-order valence-electron chi connectivity index (χ3n) is 3.95. The summed E-state index contributed by atoms with van der Waals surface area (Å²) in [6.07, 6.45) is 0. The number of hydrogen-bond donors (Lipinski definition) is 2. The number of hydrogen-bond acceptors (Lipinski definition) is 2. The maximum Gasteiger partial charge on any atom is 0.319 e. The van der Waals surface area contributed by atoms with Crippen LogP contribution in [0.4, 0.5) is 10.5 Å². The van der Waals surface area contributed by atoms with Gasteiger partial charge in [0.2, 0.25) is 0 Å². The number of amides is 2. The lowest BCUT2D eigenvalue weighted by molar-refractivity contribution is 0.251. The summed E-state index contributed by atoms with van der Waals surface area (Å²) in [6, 6.07) is 15.0. The first-order valence-electron chi connectivity index (χ1n) is 8.22. The summed E-state index contributed by atoms with van der Waals surface area (Å²) >= 11 is 5.84. The van der Waals surface area contributed by atoms with Gasteiger partial charge < -0.3 is 10.6 Å². The van der Waals surface area contributed by atoms with Crippen LogP contribution in [0.25, 0.3) is 0 Å². The quantitative estimate of drug-likeness (QED) is 0.775. The Balaban J connectivity index is 1.93. The molecule has 2 aromatic rings. The van der Waals surface area contributed by atoms with Crippen LogP contribution in [0.2, 0.25) is 5.02 Å². The molecule has 2 amide bonds. The molecule has 0 unspecified atom stereocenters. The third kappa shape index (κ3) is 5.55. The molecule has 0 saturated heterocycles. The van der Waals surface area contributed by atoms with E-state index in [-0.39, 0.29) is 6.03 Å². The van der Waals surface area contributed by atoms with Crippen molar-refractivity contribution in [2.75, 3.05) is 18.4 Å². The topological polar surface area (TPSA) is 44.4 Å². The minimum atomic E-state index is -0.227. The van der Waals surface area contributed by atoms with E-state index < -0.39 is 0 Å². The number of anilines is 1. The first-order chi connectivity index (χ1) is 11.6. The van der Waals surface area contributed by atoms with Crippen LogP contribution in [0, 0.1) is 0 Å². The predicted molar refractivity (Wildman–Crippen MR) is 100 cm³/mol. The number of benzene rings is 2. The van der Waals surface area contributed by atoms with Crippen molar-refractivity contribution in [3.05, 3.63) is 64.7 Å². The Morgan fingerprint density at radius 1 is 1.00 bits per heavy atom. The zero-order valence-electron chi connectivity index (χ0n) is 14.2. The van der Waals surface area contributed by atoms with E-state index in [4.69, 9.17) is 11.6 Å². The van der Waals surface area contributed by atoms with Gasteiger partial charge in [0.05, 0.1) is 0 Å². The van der Waals surface area contributed by atoms with Crippen LogP contribution >= 0.6 is 11.6 Å². The van der Waals surface area contributed by atoms with E-state index in [1.54, 1.807) is 24.3 Å². The Labute approximate surface area is 148 Å². The van der Waals surface area contributed by atoms with Gasteiger partial charge in [-0.05, 0) is 48.5 Å². The minimum Gasteiger partial charge on any atom is -0.334 e. The van der Waals surface area contributed by atoms with Gasteiger partial charge in [-0.1, -0.05) is 49.7 Å². The normalized spacial score (nSPS) is 10.7. The molecule has 5 heteroatoms. The van der Waals surface area contributed by atoms with Crippen molar-refractivity contribution in [1.29, 1.82) is 0 Å². The summed E-state index contributed by atoms with van der Waals surface area (Å²) in [7, 11) is 0. The molecule has 4 nitrogen and oxygen atoms in total. The number of rotatable bonds is 7. The Kier molecular flexibility index (Phi) is 7.09. The molecule has 0 fully saturated rings. The average molecular weight is 346 g/mol. The van der Waals surface area contributed by atoms with Gasteiger partial charge in [-0.25, -0.2) is 4.79 Å². The molecule has 0 radical (unpaired) electrons. The Morgan fingerprint density at radius 2 is 1.62 bits per heavy atom. The number of carbonyl (C=O) groups is 1. The highest BCUT2D eigenvalue weighted by Crippen LogP contribution is 2.14.